The number of rotatable bonds is 4. The molecule has 0 aliphatic carbocycles. The predicted octanol–water partition coefficient (Wildman–Crippen LogP) is 0.738. The van der Waals surface area contributed by atoms with E-state index in [4.69, 9.17) is 0 Å². The summed E-state index contributed by atoms with van der Waals surface area (Å²) >= 11 is 0. The van der Waals surface area contributed by atoms with Crippen LogP contribution in [0.15, 0.2) is 41.8 Å². The Balaban J connectivity index is 1.68. The van der Waals surface area contributed by atoms with Gasteiger partial charge in [-0.25, -0.2) is 17.8 Å². The molecule has 0 amide bonds. The van der Waals surface area contributed by atoms with Gasteiger partial charge in [0.2, 0.25) is 10.0 Å². The molecule has 1 aromatic carbocycles. The molecule has 0 saturated carbocycles. The smallest absolute Gasteiger partial charge is 0.246 e. The monoisotopic (exact) mass is 296 g/mol. The third-order valence-electron chi connectivity index (χ3n) is 3.29. The van der Waals surface area contributed by atoms with Crippen LogP contribution >= 0.6 is 0 Å². The first kappa shape index (κ1) is 13.2. The molecular weight excluding hydrogens is 283 g/mol. The van der Waals surface area contributed by atoms with Crippen LogP contribution in [0.3, 0.4) is 0 Å². The largest absolute Gasteiger partial charge is 0.253 e. The van der Waals surface area contributed by atoms with E-state index in [-0.39, 0.29) is 10.8 Å². The van der Waals surface area contributed by atoms with Crippen LogP contribution in [0, 0.1) is 11.7 Å². The van der Waals surface area contributed by atoms with Gasteiger partial charge >= 0.3 is 0 Å². The number of benzene rings is 1. The van der Waals surface area contributed by atoms with Crippen molar-refractivity contribution in [3.05, 3.63) is 42.7 Å². The van der Waals surface area contributed by atoms with Crippen LogP contribution in [0.5, 0.6) is 0 Å². The summed E-state index contributed by atoms with van der Waals surface area (Å²) in [7, 11) is -3.73. The Labute approximate surface area is 115 Å². The van der Waals surface area contributed by atoms with Gasteiger partial charge in [-0.15, -0.1) is 0 Å². The Kier molecular flexibility index (Phi) is 3.27. The topological polar surface area (TPSA) is 68.1 Å². The number of nitrogens with zero attached hydrogens (tertiary/aromatic N) is 4. The van der Waals surface area contributed by atoms with Gasteiger partial charge in [0.1, 0.15) is 23.4 Å². The molecule has 0 bridgehead atoms. The van der Waals surface area contributed by atoms with Crippen molar-refractivity contribution < 1.29 is 12.8 Å². The van der Waals surface area contributed by atoms with Crippen LogP contribution in [-0.4, -0.2) is 40.6 Å². The van der Waals surface area contributed by atoms with Crippen LogP contribution in [-0.2, 0) is 16.6 Å². The molecule has 1 aromatic heterocycles. The summed E-state index contributed by atoms with van der Waals surface area (Å²) in [5.41, 5.74) is 0. The van der Waals surface area contributed by atoms with Crippen molar-refractivity contribution in [2.45, 2.75) is 11.4 Å². The fraction of sp³-hybridized carbons (Fsp3) is 0.333. The minimum Gasteiger partial charge on any atom is -0.253 e. The minimum absolute atomic E-state index is 0.179. The van der Waals surface area contributed by atoms with E-state index in [0.717, 1.165) is 6.07 Å². The van der Waals surface area contributed by atoms with Gasteiger partial charge in [0.05, 0.1) is 0 Å². The standard InChI is InChI=1S/C12H13FN4O2S/c13-11-3-1-2-4-12(11)20(18,19)17-6-10(7-17)5-16-9-14-8-15-16/h1-4,8-10H,5-7H2. The van der Waals surface area contributed by atoms with Crippen molar-refractivity contribution >= 4 is 10.0 Å². The predicted molar refractivity (Wildman–Crippen MR) is 68.7 cm³/mol. The van der Waals surface area contributed by atoms with Crippen LogP contribution in [0.1, 0.15) is 0 Å². The Morgan fingerprint density at radius 3 is 2.70 bits per heavy atom. The van der Waals surface area contributed by atoms with Gasteiger partial charge < -0.3 is 0 Å². The Hall–Kier alpha value is -1.80. The zero-order chi connectivity index (χ0) is 14.2. The maximum Gasteiger partial charge on any atom is 0.246 e. The van der Waals surface area contributed by atoms with E-state index in [0.29, 0.717) is 19.6 Å². The second-order valence-corrected chi connectivity index (χ2v) is 6.64. The van der Waals surface area contributed by atoms with Gasteiger partial charge in [-0.05, 0) is 12.1 Å². The molecule has 0 unspecified atom stereocenters. The van der Waals surface area contributed by atoms with Gasteiger partial charge in [-0.1, -0.05) is 12.1 Å². The van der Waals surface area contributed by atoms with Gasteiger partial charge in [-0.3, -0.25) is 4.68 Å². The highest BCUT2D eigenvalue weighted by Gasteiger charge is 2.38. The van der Waals surface area contributed by atoms with Crippen molar-refractivity contribution in [3.8, 4) is 0 Å². The molecule has 0 spiro atoms. The average molecular weight is 296 g/mol. The lowest BCUT2D eigenvalue weighted by Gasteiger charge is -2.37. The zero-order valence-electron chi connectivity index (χ0n) is 10.6. The number of aromatic nitrogens is 3. The molecule has 0 N–H and O–H groups in total. The molecule has 1 aliphatic heterocycles. The third kappa shape index (κ3) is 2.32. The first-order valence-electron chi connectivity index (χ1n) is 6.14. The molecule has 2 aromatic rings. The SMILES string of the molecule is O=S(=O)(c1ccccc1F)N1CC(Cn2cncn2)C1. The summed E-state index contributed by atoms with van der Waals surface area (Å²) < 4.78 is 41.0. The van der Waals surface area contributed by atoms with Crippen molar-refractivity contribution in [1.82, 2.24) is 19.1 Å². The molecule has 2 heterocycles. The molecule has 8 heteroatoms. The maximum atomic E-state index is 13.6. The van der Waals surface area contributed by atoms with Gasteiger partial charge in [-0.2, -0.15) is 9.40 Å². The van der Waals surface area contributed by atoms with Crippen LogP contribution in [0.4, 0.5) is 4.39 Å². The molecule has 1 aliphatic rings. The summed E-state index contributed by atoms with van der Waals surface area (Å²) in [5.74, 6) is -0.537. The molecule has 1 saturated heterocycles. The van der Waals surface area contributed by atoms with E-state index < -0.39 is 15.8 Å². The molecule has 0 radical (unpaired) electrons. The Morgan fingerprint density at radius 1 is 1.30 bits per heavy atom. The van der Waals surface area contributed by atoms with Crippen molar-refractivity contribution in [3.63, 3.8) is 0 Å². The number of sulfonamides is 1. The van der Waals surface area contributed by atoms with Crippen LogP contribution in [0.2, 0.25) is 0 Å². The fourth-order valence-electron chi connectivity index (χ4n) is 2.22. The highest BCUT2D eigenvalue weighted by atomic mass is 32.2. The summed E-state index contributed by atoms with van der Waals surface area (Å²) in [6.45, 7) is 1.36. The van der Waals surface area contributed by atoms with Gasteiger partial charge in [0, 0.05) is 25.6 Å². The average Bonchev–Trinajstić information content (AvgIpc) is 2.86. The third-order valence-corrected chi connectivity index (χ3v) is 5.15. The van der Waals surface area contributed by atoms with E-state index >= 15 is 0 Å². The summed E-state index contributed by atoms with van der Waals surface area (Å²) in [6.07, 6.45) is 3.03. The molecular formula is C12H13FN4O2S. The quantitative estimate of drug-likeness (QED) is 0.834. The number of hydrogen-bond donors (Lipinski definition) is 0. The van der Waals surface area contributed by atoms with Crippen LogP contribution in [0.25, 0.3) is 0 Å². The van der Waals surface area contributed by atoms with Gasteiger partial charge in [0.15, 0.2) is 0 Å². The first-order valence-corrected chi connectivity index (χ1v) is 7.58. The number of hydrogen-bond acceptors (Lipinski definition) is 4. The molecule has 6 nitrogen and oxygen atoms in total. The Bertz CT molecular complexity index is 696. The van der Waals surface area contributed by atoms with E-state index in [1.165, 1.54) is 28.8 Å². The summed E-state index contributed by atoms with van der Waals surface area (Å²) in [5, 5.41) is 3.98. The molecule has 20 heavy (non-hydrogen) atoms. The fourth-order valence-corrected chi connectivity index (χ4v) is 3.88. The van der Waals surface area contributed by atoms with Crippen molar-refractivity contribution in [1.29, 1.82) is 0 Å². The lowest BCUT2D eigenvalue weighted by atomic mass is 10.0. The van der Waals surface area contributed by atoms with Crippen LogP contribution < -0.4 is 0 Å². The van der Waals surface area contributed by atoms with E-state index in [9.17, 15) is 12.8 Å². The van der Waals surface area contributed by atoms with Gasteiger partial charge in [0.25, 0.3) is 0 Å². The lowest BCUT2D eigenvalue weighted by molar-refractivity contribution is 0.174. The maximum absolute atomic E-state index is 13.6. The zero-order valence-corrected chi connectivity index (χ0v) is 11.4. The lowest BCUT2D eigenvalue weighted by Crippen LogP contribution is -2.51. The number of halogens is 1. The van der Waals surface area contributed by atoms with E-state index in [1.807, 2.05) is 0 Å². The van der Waals surface area contributed by atoms with E-state index in [2.05, 4.69) is 10.1 Å². The highest BCUT2D eigenvalue weighted by Crippen LogP contribution is 2.27. The van der Waals surface area contributed by atoms with Crippen molar-refractivity contribution in [2.24, 2.45) is 5.92 Å². The van der Waals surface area contributed by atoms with E-state index in [1.54, 1.807) is 11.0 Å². The normalized spacial score (nSPS) is 17.1. The second-order valence-electron chi connectivity index (χ2n) is 4.74. The summed E-state index contributed by atoms with van der Waals surface area (Å²) in [6, 6.07) is 5.43. The Morgan fingerprint density at radius 2 is 2.05 bits per heavy atom. The molecule has 106 valence electrons. The van der Waals surface area contributed by atoms with Crippen molar-refractivity contribution in [2.75, 3.05) is 13.1 Å². The molecule has 0 atom stereocenters. The summed E-state index contributed by atoms with van der Waals surface area (Å²) in [4.78, 5) is 3.57. The second kappa shape index (κ2) is 4.95. The highest BCUT2D eigenvalue weighted by molar-refractivity contribution is 7.89. The first-order chi connectivity index (χ1) is 9.57. The molecule has 1 fully saturated rings. The minimum atomic E-state index is -3.73. The molecule has 3 rings (SSSR count).